The van der Waals surface area contributed by atoms with Gasteiger partial charge >= 0.3 is 5.97 Å². The maximum absolute atomic E-state index is 11.4. The molecule has 0 fully saturated rings. The monoisotopic (exact) mass is 441 g/mol. The number of ether oxygens (including phenoxy) is 3. The van der Waals surface area contributed by atoms with Crippen molar-refractivity contribution in [1.82, 2.24) is 0 Å². The highest BCUT2D eigenvalue weighted by Gasteiger charge is 2.38. The van der Waals surface area contributed by atoms with Gasteiger partial charge in [-0.1, -0.05) is 48.6 Å². The van der Waals surface area contributed by atoms with Crippen LogP contribution in [0.5, 0.6) is 17.2 Å². The normalized spacial score (nSPS) is 20.4. The lowest BCUT2D eigenvalue weighted by atomic mass is 9.77. The van der Waals surface area contributed by atoms with Crippen LogP contribution in [0.25, 0.3) is 0 Å². The number of nitrogens with one attached hydrogen (secondary N) is 1. The van der Waals surface area contributed by atoms with Crippen LogP contribution >= 0.6 is 0 Å². The van der Waals surface area contributed by atoms with Crippen molar-refractivity contribution in [3.8, 4) is 17.2 Å². The first kappa shape index (κ1) is 21.1. The number of rotatable bonds is 6. The van der Waals surface area contributed by atoms with E-state index in [1.54, 1.807) is 7.11 Å². The maximum Gasteiger partial charge on any atom is 0.308 e. The highest BCUT2D eigenvalue weighted by molar-refractivity contribution is 5.70. The molecule has 3 aromatic rings. The van der Waals surface area contributed by atoms with Gasteiger partial charge in [-0.05, 0) is 59.4 Å². The second-order valence-corrected chi connectivity index (χ2v) is 8.50. The molecule has 1 aliphatic carbocycles. The van der Waals surface area contributed by atoms with Gasteiger partial charge in [0.25, 0.3) is 0 Å². The summed E-state index contributed by atoms with van der Waals surface area (Å²) in [5.74, 6) is 2.20. The van der Waals surface area contributed by atoms with Gasteiger partial charge in [0.05, 0.1) is 13.2 Å². The van der Waals surface area contributed by atoms with Crippen molar-refractivity contribution in [2.75, 3.05) is 12.4 Å². The molecule has 33 heavy (non-hydrogen) atoms. The van der Waals surface area contributed by atoms with Crippen LogP contribution in [0.4, 0.5) is 5.69 Å². The van der Waals surface area contributed by atoms with E-state index in [2.05, 4.69) is 41.7 Å². The van der Waals surface area contributed by atoms with Crippen LogP contribution in [0.2, 0.25) is 0 Å². The molecule has 0 amide bonds. The molecule has 3 unspecified atom stereocenters. The number of benzene rings is 3. The highest BCUT2D eigenvalue weighted by Crippen LogP contribution is 2.51. The Labute approximate surface area is 194 Å². The van der Waals surface area contributed by atoms with Crippen LogP contribution < -0.4 is 19.5 Å². The van der Waals surface area contributed by atoms with Gasteiger partial charge in [0.1, 0.15) is 12.4 Å². The number of hydrogen-bond donors (Lipinski definition) is 1. The molecule has 0 saturated carbocycles. The molecular weight excluding hydrogens is 414 g/mol. The topological polar surface area (TPSA) is 56.8 Å². The Morgan fingerprint density at radius 3 is 2.67 bits per heavy atom. The Hall–Kier alpha value is -3.73. The fourth-order valence-corrected chi connectivity index (χ4v) is 4.85. The van der Waals surface area contributed by atoms with E-state index in [-0.39, 0.29) is 12.0 Å². The molecule has 0 radical (unpaired) electrons. The fourth-order valence-electron chi connectivity index (χ4n) is 4.85. The molecule has 5 heteroatoms. The van der Waals surface area contributed by atoms with Crippen molar-refractivity contribution in [1.29, 1.82) is 0 Å². The lowest BCUT2D eigenvalue weighted by Crippen LogP contribution is -2.29. The van der Waals surface area contributed by atoms with E-state index in [1.807, 2.05) is 42.5 Å². The van der Waals surface area contributed by atoms with Crippen molar-refractivity contribution in [3.63, 3.8) is 0 Å². The van der Waals surface area contributed by atoms with Crippen molar-refractivity contribution in [2.45, 2.75) is 31.9 Å². The summed E-state index contributed by atoms with van der Waals surface area (Å²) in [6.45, 7) is 1.94. The average Bonchev–Trinajstić information content (AvgIpc) is 3.33. The molecule has 0 bridgehead atoms. The zero-order valence-corrected chi connectivity index (χ0v) is 18.8. The lowest BCUT2D eigenvalue weighted by molar-refractivity contribution is -0.132. The standard InChI is InChI=1S/C28H27NO4/c1-18(30)33-26-14-11-20(15-27(26)31-2)28-23-10-6-9-22(23)24-16-21(12-13-25(24)29-28)32-17-19-7-4-3-5-8-19/h3-9,11-16,22-23,28-29H,10,17H2,1-2H3. The molecule has 1 N–H and O–H groups in total. The van der Waals surface area contributed by atoms with Gasteiger partial charge in [0.15, 0.2) is 11.5 Å². The first-order chi connectivity index (χ1) is 16.1. The Bertz CT molecular complexity index is 1190. The molecule has 5 nitrogen and oxygen atoms in total. The van der Waals surface area contributed by atoms with Crippen LogP contribution in [-0.2, 0) is 11.4 Å². The van der Waals surface area contributed by atoms with Gasteiger partial charge in [-0.3, -0.25) is 4.79 Å². The van der Waals surface area contributed by atoms with Crippen molar-refractivity contribution >= 4 is 11.7 Å². The number of hydrogen-bond acceptors (Lipinski definition) is 5. The Kier molecular flexibility index (Phi) is 5.78. The van der Waals surface area contributed by atoms with Crippen molar-refractivity contribution < 1.29 is 19.0 Å². The Morgan fingerprint density at radius 2 is 1.88 bits per heavy atom. The van der Waals surface area contributed by atoms with E-state index in [0.29, 0.717) is 29.9 Å². The van der Waals surface area contributed by atoms with Crippen LogP contribution in [0.15, 0.2) is 78.9 Å². The van der Waals surface area contributed by atoms with Crippen LogP contribution in [0.1, 0.15) is 42.0 Å². The molecule has 3 aromatic carbocycles. The minimum absolute atomic E-state index is 0.119. The third-order valence-corrected chi connectivity index (χ3v) is 6.38. The Morgan fingerprint density at radius 1 is 1.03 bits per heavy atom. The average molecular weight is 442 g/mol. The molecule has 0 aromatic heterocycles. The van der Waals surface area contributed by atoms with Gasteiger partial charge in [0, 0.05) is 18.5 Å². The quantitative estimate of drug-likeness (QED) is 0.288. The second-order valence-electron chi connectivity index (χ2n) is 8.50. The first-order valence-corrected chi connectivity index (χ1v) is 11.2. The molecule has 0 saturated heterocycles. The van der Waals surface area contributed by atoms with E-state index in [1.165, 1.54) is 12.5 Å². The van der Waals surface area contributed by atoms with Crippen molar-refractivity contribution in [3.05, 3.63) is 95.6 Å². The lowest BCUT2D eigenvalue weighted by Gasteiger charge is -2.37. The minimum atomic E-state index is -0.365. The number of anilines is 1. The largest absolute Gasteiger partial charge is 0.493 e. The summed E-state index contributed by atoms with van der Waals surface area (Å²) < 4.78 is 16.9. The molecule has 168 valence electrons. The zero-order valence-electron chi connectivity index (χ0n) is 18.8. The summed E-state index contributed by atoms with van der Waals surface area (Å²) in [7, 11) is 1.59. The van der Waals surface area contributed by atoms with E-state index in [4.69, 9.17) is 14.2 Å². The highest BCUT2D eigenvalue weighted by atomic mass is 16.6. The van der Waals surface area contributed by atoms with Crippen molar-refractivity contribution in [2.24, 2.45) is 5.92 Å². The fraction of sp³-hybridized carbons (Fsp3) is 0.250. The first-order valence-electron chi connectivity index (χ1n) is 11.2. The third-order valence-electron chi connectivity index (χ3n) is 6.38. The van der Waals surface area contributed by atoms with E-state index in [0.717, 1.165) is 29.0 Å². The number of carbonyl (C=O) groups is 1. The number of carbonyl (C=O) groups excluding carboxylic acids is 1. The molecule has 3 atom stereocenters. The number of fused-ring (bicyclic) bond motifs is 3. The maximum atomic E-state index is 11.4. The van der Waals surface area contributed by atoms with E-state index < -0.39 is 0 Å². The summed E-state index contributed by atoms with van der Waals surface area (Å²) in [6.07, 6.45) is 5.56. The number of esters is 1. The summed E-state index contributed by atoms with van der Waals surface area (Å²) in [6, 6.07) is 22.4. The smallest absolute Gasteiger partial charge is 0.308 e. The SMILES string of the molecule is COc1cc(C2Nc3ccc(OCc4ccccc4)cc3C3C=CCC32)ccc1OC(C)=O. The van der Waals surface area contributed by atoms with Gasteiger partial charge in [-0.15, -0.1) is 0 Å². The summed E-state index contributed by atoms with van der Waals surface area (Å²) in [4.78, 5) is 11.4. The minimum Gasteiger partial charge on any atom is -0.493 e. The Balaban J connectivity index is 1.40. The van der Waals surface area contributed by atoms with Crippen LogP contribution in [-0.4, -0.2) is 13.1 Å². The summed E-state index contributed by atoms with van der Waals surface area (Å²) in [5, 5.41) is 3.74. The number of allylic oxidation sites excluding steroid dienone is 2. The molecule has 0 spiro atoms. The molecular formula is C28H27NO4. The molecule has 1 heterocycles. The molecule has 1 aliphatic heterocycles. The summed E-state index contributed by atoms with van der Waals surface area (Å²) in [5.41, 5.74) is 4.64. The molecule has 5 rings (SSSR count). The predicted molar refractivity (Wildman–Crippen MR) is 128 cm³/mol. The predicted octanol–water partition coefficient (Wildman–Crippen LogP) is 6.03. The second kappa shape index (κ2) is 9.02. The third kappa shape index (κ3) is 4.31. The van der Waals surface area contributed by atoms with E-state index in [9.17, 15) is 4.79 Å². The van der Waals surface area contributed by atoms with Gasteiger partial charge in [-0.2, -0.15) is 0 Å². The molecule has 2 aliphatic rings. The van der Waals surface area contributed by atoms with Gasteiger partial charge < -0.3 is 19.5 Å². The van der Waals surface area contributed by atoms with Gasteiger partial charge in [0.2, 0.25) is 0 Å². The van der Waals surface area contributed by atoms with Gasteiger partial charge in [-0.25, -0.2) is 0 Å². The zero-order chi connectivity index (χ0) is 22.8. The van der Waals surface area contributed by atoms with Crippen LogP contribution in [0, 0.1) is 5.92 Å². The van der Waals surface area contributed by atoms with E-state index >= 15 is 0 Å². The summed E-state index contributed by atoms with van der Waals surface area (Å²) >= 11 is 0. The number of methoxy groups -OCH3 is 1. The van der Waals surface area contributed by atoms with Crippen LogP contribution in [0.3, 0.4) is 0 Å².